The zero-order valence-corrected chi connectivity index (χ0v) is 16.3. The number of amides is 1. The molecular weight excluding hydrogens is 353 g/mol. The summed E-state index contributed by atoms with van der Waals surface area (Å²) >= 11 is -2.66. The summed E-state index contributed by atoms with van der Waals surface area (Å²) in [5.74, 6) is -0.481. The molecule has 0 bridgehead atoms. The van der Waals surface area contributed by atoms with Crippen LogP contribution in [0.4, 0.5) is 0 Å². The molecule has 0 fully saturated rings. The molecule has 25 heavy (non-hydrogen) atoms. The third-order valence-corrected chi connectivity index (χ3v) is 3.17. The first-order valence-corrected chi connectivity index (χ1v) is 7.75. The molecule has 7 nitrogen and oxygen atoms in total. The summed E-state index contributed by atoms with van der Waals surface area (Å²) in [7, 11) is 0. The molecular formula is C16H15N3NaO4S-. The van der Waals surface area contributed by atoms with E-state index in [1.54, 1.807) is 10.6 Å². The number of nitrogens with zero attached hydrogens (tertiary/aromatic N) is 2. The summed E-state index contributed by atoms with van der Waals surface area (Å²) in [6.45, 7) is 3.09. The minimum Gasteiger partial charge on any atom is -1.00 e. The third kappa shape index (κ3) is 5.80. The van der Waals surface area contributed by atoms with E-state index in [4.69, 9.17) is 4.18 Å². The van der Waals surface area contributed by atoms with Crippen molar-refractivity contribution in [2.45, 2.75) is 0 Å². The van der Waals surface area contributed by atoms with Gasteiger partial charge >= 0.3 is 35.6 Å². The molecule has 2 N–H and O–H groups in total. The molecule has 1 aromatic heterocycles. The Morgan fingerprint density at radius 3 is 2.36 bits per heavy atom. The molecule has 3 aromatic rings. The van der Waals surface area contributed by atoms with E-state index in [0.29, 0.717) is 5.52 Å². The number of para-hydroxylation sites is 3. The number of imidazole rings is 1. The molecule has 3 rings (SSSR count). The van der Waals surface area contributed by atoms with E-state index in [9.17, 15) is 13.6 Å². The number of carbonyl (C=O) groups is 1. The molecule has 126 valence electrons. The van der Waals surface area contributed by atoms with Crippen molar-refractivity contribution < 1.29 is 48.7 Å². The summed E-state index contributed by atoms with van der Waals surface area (Å²) in [5.41, 5.74) is 6.78. The number of benzene rings is 2. The van der Waals surface area contributed by atoms with Gasteiger partial charge in [-0.25, -0.2) is 4.21 Å². The molecule has 0 aliphatic rings. The topological polar surface area (TPSA) is 110 Å². The van der Waals surface area contributed by atoms with Crippen molar-refractivity contribution in [2.24, 2.45) is 5.73 Å². The molecule has 0 aliphatic carbocycles. The van der Waals surface area contributed by atoms with E-state index in [0.717, 1.165) is 17.3 Å². The molecule has 0 radical (unpaired) electrons. The van der Waals surface area contributed by atoms with Crippen molar-refractivity contribution >= 4 is 28.3 Å². The van der Waals surface area contributed by atoms with Crippen molar-refractivity contribution in [2.75, 3.05) is 0 Å². The summed E-state index contributed by atoms with van der Waals surface area (Å²) in [5, 5.41) is 0. The fourth-order valence-electron chi connectivity index (χ4n) is 1.95. The maximum Gasteiger partial charge on any atom is 1.00 e. The van der Waals surface area contributed by atoms with Gasteiger partial charge in [-0.15, -0.1) is 0 Å². The summed E-state index contributed by atoms with van der Waals surface area (Å²) < 4.78 is 27.9. The van der Waals surface area contributed by atoms with E-state index in [1.165, 1.54) is 0 Å². The number of carbonyl (C=O) groups excluding carboxylic acids is 1. The first kappa shape index (κ1) is 21.1. The Morgan fingerprint density at radius 2 is 1.80 bits per heavy atom. The van der Waals surface area contributed by atoms with Crippen molar-refractivity contribution in [3.63, 3.8) is 0 Å². The van der Waals surface area contributed by atoms with Crippen LogP contribution in [0.1, 0.15) is 1.43 Å². The Kier molecular flexibility index (Phi) is 8.53. The molecule has 1 amide bonds. The maximum atomic E-state index is 10.8. The SMILES string of the molecule is C=CC(N)=O.O=S([O-])Oc1nc2ccccc2n1-c1ccccc1.[H-].[Na+]. The van der Waals surface area contributed by atoms with Crippen LogP contribution in [0.3, 0.4) is 0 Å². The van der Waals surface area contributed by atoms with Crippen LogP contribution in [0, 0.1) is 0 Å². The van der Waals surface area contributed by atoms with Gasteiger partial charge in [0.2, 0.25) is 5.91 Å². The van der Waals surface area contributed by atoms with Gasteiger partial charge in [0.25, 0.3) is 0 Å². The number of fused-ring (bicyclic) bond motifs is 1. The van der Waals surface area contributed by atoms with E-state index >= 15 is 0 Å². The second-order valence-electron chi connectivity index (χ2n) is 4.45. The Bertz CT molecular complexity index is 890. The third-order valence-electron chi connectivity index (χ3n) is 2.89. The van der Waals surface area contributed by atoms with Gasteiger partial charge in [-0.3, -0.25) is 9.36 Å². The van der Waals surface area contributed by atoms with E-state index in [1.807, 2.05) is 48.5 Å². The van der Waals surface area contributed by atoms with Crippen LogP contribution >= 0.6 is 0 Å². The number of rotatable bonds is 4. The second kappa shape index (κ2) is 10.1. The van der Waals surface area contributed by atoms with Crippen LogP contribution in [-0.2, 0) is 16.2 Å². The average Bonchev–Trinajstić information content (AvgIpc) is 2.93. The number of aromatic nitrogens is 2. The van der Waals surface area contributed by atoms with Crippen LogP contribution in [0.5, 0.6) is 6.01 Å². The Hall–Kier alpha value is -1.97. The molecule has 2 aromatic carbocycles. The zero-order valence-electron chi connectivity index (χ0n) is 14.5. The molecule has 1 unspecified atom stereocenters. The first-order valence-electron chi connectivity index (χ1n) is 6.75. The van der Waals surface area contributed by atoms with Gasteiger partial charge in [0.1, 0.15) is 11.4 Å². The molecule has 1 atom stereocenters. The molecule has 1 heterocycles. The minimum atomic E-state index is -2.66. The monoisotopic (exact) mass is 368 g/mol. The smallest absolute Gasteiger partial charge is 1.00 e. The van der Waals surface area contributed by atoms with Gasteiger partial charge in [-0.2, -0.15) is 4.98 Å². The summed E-state index contributed by atoms with van der Waals surface area (Å²) in [6.07, 6.45) is 1.06. The summed E-state index contributed by atoms with van der Waals surface area (Å²) in [6, 6.07) is 16.7. The molecule has 0 aliphatic heterocycles. The quantitative estimate of drug-likeness (QED) is 0.360. The van der Waals surface area contributed by atoms with Crippen molar-refractivity contribution in [3.05, 3.63) is 67.3 Å². The van der Waals surface area contributed by atoms with Gasteiger partial charge in [-0.05, 0) is 30.3 Å². The van der Waals surface area contributed by atoms with Crippen LogP contribution < -0.4 is 39.5 Å². The minimum absolute atomic E-state index is 0. The standard InChI is InChI=1S/C13H10N2O3S.C3H5NO.Na.H/c16-19(17)18-13-14-11-8-4-5-9-12(11)15(13)10-6-2-1-3-7-10;1-2-3(4)5;;/h1-9H,(H,16,17);2H,1H2,(H2,4,5);;/q;;+1;-1/p-1. The Balaban J connectivity index is 0.000000798. The fourth-order valence-corrected chi connectivity index (χ4v) is 2.18. The summed E-state index contributed by atoms with van der Waals surface area (Å²) in [4.78, 5) is 13.6. The number of primary amides is 1. The van der Waals surface area contributed by atoms with E-state index < -0.39 is 17.3 Å². The van der Waals surface area contributed by atoms with Gasteiger partial charge in [-0.1, -0.05) is 36.9 Å². The Labute approximate surface area is 170 Å². The maximum absolute atomic E-state index is 10.8. The molecule has 0 saturated carbocycles. The van der Waals surface area contributed by atoms with Crippen molar-refractivity contribution in [1.82, 2.24) is 9.55 Å². The predicted octanol–water partition coefficient (Wildman–Crippen LogP) is -1.03. The van der Waals surface area contributed by atoms with Crippen LogP contribution in [-0.4, -0.2) is 24.2 Å². The van der Waals surface area contributed by atoms with Crippen molar-refractivity contribution in [3.8, 4) is 11.7 Å². The van der Waals surface area contributed by atoms with Gasteiger partial charge in [0.15, 0.2) is 0 Å². The molecule has 0 spiro atoms. The van der Waals surface area contributed by atoms with Crippen LogP contribution in [0.2, 0.25) is 0 Å². The fraction of sp³-hybridized carbons (Fsp3) is 0. The zero-order chi connectivity index (χ0) is 17.5. The van der Waals surface area contributed by atoms with Crippen LogP contribution in [0.25, 0.3) is 16.7 Å². The predicted molar refractivity (Wildman–Crippen MR) is 91.1 cm³/mol. The number of nitrogens with two attached hydrogens (primary N) is 1. The van der Waals surface area contributed by atoms with E-state index in [2.05, 4.69) is 17.3 Å². The largest absolute Gasteiger partial charge is 1.00 e. The first-order chi connectivity index (χ1) is 11.5. The molecule has 0 saturated heterocycles. The number of hydrogen-bond donors (Lipinski definition) is 1. The van der Waals surface area contributed by atoms with Gasteiger partial charge < -0.3 is 15.9 Å². The Morgan fingerprint density at radius 1 is 1.24 bits per heavy atom. The molecule has 9 heteroatoms. The average molecular weight is 368 g/mol. The van der Waals surface area contributed by atoms with E-state index in [-0.39, 0.29) is 37.0 Å². The van der Waals surface area contributed by atoms with Gasteiger partial charge in [0.05, 0.1) is 16.7 Å². The van der Waals surface area contributed by atoms with Crippen molar-refractivity contribution in [1.29, 1.82) is 0 Å². The number of hydrogen-bond acceptors (Lipinski definition) is 5. The second-order valence-corrected chi connectivity index (χ2v) is 5.02. The normalized spacial score (nSPS) is 10.8. The van der Waals surface area contributed by atoms with Gasteiger partial charge in [0, 0.05) is 0 Å². The van der Waals surface area contributed by atoms with Crippen LogP contribution in [0.15, 0.2) is 67.3 Å².